The lowest BCUT2D eigenvalue weighted by Gasteiger charge is -2.35. The molecule has 0 bridgehead atoms. The first-order valence-electron chi connectivity index (χ1n) is 9.23. The van der Waals surface area contributed by atoms with E-state index in [4.69, 9.17) is 0 Å². The molecule has 2 aliphatic rings. The molecule has 148 valence electrons. The van der Waals surface area contributed by atoms with E-state index in [1.807, 2.05) is 4.90 Å². The zero-order chi connectivity index (χ0) is 19.4. The van der Waals surface area contributed by atoms with Crippen LogP contribution in [0, 0.1) is 0 Å². The van der Waals surface area contributed by atoms with Gasteiger partial charge in [-0.15, -0.1) is 0 Å². The van der Waals surface area contributed by atoms with Gasteiger partial charge in [0.05, 0.1) is 17.5 Å². The van der Waals surface area contributed by atoms with Gasteiger partial charge in [-0.1, -0.05) is 18.2 Å². The van der Waals surface area contributed by atoms with Gasteiger partial charge in [-0.25, -0.2) is 8.42 Å². The van der Waals surface area contributed by atoms with Gasteiger partial charge in [0.25, 0.3) is 0 Å². The Morgan fingerprint density at radius 1 is 1.11 bits per heavy atom. The number of rotatable bonds is 7. The van der Waals surface area contributed by atoms with Gasteiger partial charge in [0.15, 0.2) is 0 Å². The van der Waals surface area contributed by atoms with Gasteiger partial charge in [0.1, 0.15) is 0 Å². The highest BCUT2D eigenvalue weighted by molar-refractivity contribution is 7.89. The molecule has 27 heavy (non-hydrogen) atoms. The fraction of sp³-hybridized carbons (Fsp3) is 0.556. The SMILES string of the molecule is C[C@H](NS(=O)(=O)c1ccccc1)C(=O)N1CCN(CC(=O)NC2CC2)CC1. The summed E-state index contributed by atoms with van der Waals surface area (Å²) in [5.41, 5.74) is 0. The third-order valence-corrected chi connectivity index (χ3v) is 6.31. The third kappa shape index (κ3) is 5.50. The van der Waals surface area contributed by atoms with Crippen LogP contribution in [0.25, 0.3) is 0 Å². The molecule has 1 saturated carbocycles. The van der Waals surface area contributed by atoms with Crippen molar-refractivity contribution in [2.75, 3.05) is 32.7 Å². The molecule has 1 aromatic rings. The number of benzene rings is 1. The second-order valence-corrected chi connectivity index (χ2v) is 8.81. The summed E-state index contributed by atoms with van der Waals surface area (Å²) in [6, 6.07) is 7.49. The van der Waals surface area contributed by atoms with Crippen LogP contribution in [0.3, 0.4) is 0 Å². The molecule has 1 aromatic carbocycles. The van der Waals surface area contributed by atoms with Crippen molar-refractivity contribution in [3.05, 3.63) is 30.3 Å². The van der Waals surface area contributed by atoms with Gasteiger partial charge in [-0.2, -0.15) is 4.72 Å². The summed E-state index contributed by atoms with van der Waals surface area (Å²) in [6.07, 6.45) is 2.12. The predicted octanol–water partition coefficient (Wildman–Crippen LogP) is -0.224. The number of hydrogen-bond donors (Lipinski definition) is 2. The lowest BCUT2D eigenvalue weighted by Crippen LogP contribution is -2.55. The van der Waals surface area contributed by atoms with Crippen LogP contribution in [0.15, 0.2) is 35.2 Å². The van der Waals surface area contributed by atoms with Crippen molar-refractivity contribution in [1.82, 2.24) is 19.8 Å². The van der Waals surface area contributed by atoms with Gasteiger partial charge in [0.2, 0.25) is 21.8 Å². The van der Waals surface area contributed by atoms with Gasteiger partial charge < -0.3 is 10.2 Å². The molecule has 9 heteroatoms. The minimum Gasteiger partial charge on any atom is -0.352 e. The number of sulfonamides is 1. The van der Waals surface area contributed by atoms with E-state index in [2.05, 4.69) is 10.0 Å². The molecule has 1 atom stereocenters. The van der Waals surface area contributed by atoms with Crippen molar-refractivity contribution in [2.24, 2.45) is 0 Å². The van der Waals surface area contributed by atoms with Crippen LogP contribution >= 0.6 is 0 Å². The molecular weight excluding hydrogens is 368 g/mol. The average molecular weight is 394 g/mol. The number of nitrogens with zero attached hydrogens (tertiary/aromatic N) is 2. The fourth-order valence-electron chi connectivity index (χ4n) is 3.06. The molecule has 2 N–H and O–H groups in total. The standard InChI is InChI=1S/C18H26N4O4S/c1-14(20-27(25,26)16-5-3-2-4-6-16)18(24)22-11-9-21(10-12-22)13-17(23)19-15-7-8-15/h2-6,14-15,20H,7-13H2,1H3,(H,19,23)/t14-/m0/s1. The molecular formula is C18H26N4O4S. The minimum absolute atomic E-state index is 0.0289. The fourth-order valence-corrected chi connectivity index (χ4v) is 4.27. The Balaban J connectivity index is 1.47. The number of hydrogen-bond acceptors (Lipinski definition) is 5. The van der Waals surface area contributed by atoms with Gasteiger partial charge in [-0.3, -0.25) is 14.5 Å². The molecule has 0 radical (unpaired) electrons. The second kappa shape index (κ2) is 8.37. The van der Waals surface area contributed by atoms with E-state index < -0.39 is 16.1 Å². The van der Waals surface area contributed by atoms with Crippen LogP contribution in [0.5, 0.6) is 0 Å². The Kier molecular flexibility index (Phi) is 6.13. The van der Waals surface area contributed by atoms with E-state index in [-0.39, 0.29) is 16.7 Å². The molecule has 1 saturated heterocycles. The maximum atomic E-state index is 12.6. The number of nitrogens with one attached hydrogen (secondary N) is 2. The first-order chi connectivity index (χ1) is 12.8. The minimum atomic E-state index is -3.74. The Labute approximate surface area is 160 Å². The molecule has 0 unspecified atom stereocenters. The van der Waals surface area contributed by atoms with E-state index in [9.17, 15) is 18.0 Å². The first-order valence-corrected chi connectivity index (χ1v) is 10.7. The smallest absolute Gasteiger partial charge is 0.241 e. The van der Waals surface area contributed by atoms with Crippen LogP contribution in [0.2, 0.25) is 0 Å². The number of carbonyl (C=O) groups is 2. The van der Waals surface area contributed by atoms with E-state index in [0.29, 0.717) is 38.8 Å². The highest BCUT2D eigenvalue weighted by atomic mass is 32.2. The molecule has 0 aromatic heterocycles. The van der Waals surface area contributed by atoms with E-state index in [0.717, 1.165) is 12.8 Å². The zero-order valence-electron chi connectivity index (χ0n) is 15.4. The Bertz CT molecular complexity index is 772. The number of carbonyl (C=O) groups excluding carboxylic acids is 2. The summed E-state index contributed by atoms with van der Waals surface area (Å²) in [4.78, 5) is 28.3. The summed E-state index contributed by atoms with van der Waals surface area (Å²) in [5.74, 6) is -0.224. The molecule has 8 nitrogen and oxygen atoms in total. The van der Waals surface area contributed by atoms with Crippen molar-refractivity contribution in [3.8, 4) is 0 Å². The van der Waals surface area contributed by atoms with Crippen molar-refractivity contribution in [1.29, 1.82) is 0 Å². The monoisotopic (exact) mass is 394 g/mol. The lowest BCUT2D eigenvalue weighted by atomic mass is 10.2. The zero-order valence-corrected chi connectivity index (χ0v) is 16.2. The molecule has 3 rings (SSSR count). The summed E-state index contributed by atoms with van der Waals surface area (Å²) in [7, 11) is -3.74. The van der Waals surface area contributed by atoms with Crippen LogP contribution in [0.1, 0.15) is 19.8 Å². The summed E-state index contributed by atoms with van der Waals surface area (Å²) in [5, 5.41) is 2.96. The van der Waals surface area contributed by atoms with Gasteiger partial charge >= 0.3 is 0 Å². The Hall–Kier alpha value is -1.97. The highest BCUT2D eigenvalue weighted by Crippen LogP contribution is 2.18. The predicted molar refractivity (Wildman–Crippen MR) is 100 cm³/mol. The van der Waals surface area contributed by atoms with E-state index in [1.54, 1.807) is 30.0 Å². The maximum absolute atomic E-state index is 12.6. The molecule has 1 aliphatic carbocycles. The molecule has 1 aliphatic heterocycles. The highest BCUT2D eigenvalue weighted by Gasteiger charge is 2.29. The molecule has 2 amide bonds. The lowest BCUT2D eigenvalue weighted by molar-refractivity contribution is -0.134. The van der Waals surface area contributed by atoms with Crippen LogP contribution in [-0.4, -0.2) is 74.8 Å². The van der Waals surface area contributed by atoms with Crippen LogP contribution < -0.4 is 10.0 Å². The number of amides is 2. The molecule has 0 spiro atoms. The average Bonchev–Trinajstić information content (AvgIpc) is 3.46. The Morgan fingerprint density at radius 3 is 2.33 bits per heavy atom. The van der Waals surface area contributed by atoms with E-state index in [1.165, 1.54) is 12.1 Å². The van der Waals surface area contributed by atoms with Crippen molar-refractivity contribution in [2.45, 2.75) is 36.7 Å². The van der Waals surface area contributed by atoms with E-state index >= 15 is 0 Å². The molecule has 1 heterocycles. The normalized spacial score (nSPS) is 19.5. The number of piperazine rings is 1. The van der Waals surface area contributed by atoms with Crippen LogP contribution in [-0.2, 0) is 19.6 Å². The van der Waals surface area contributed by atoms with Crippen molar-refractivity contribution in [3.63, 3.8) is 0 Å². The summed E-state index contributed by atoms with van der Waals surface area (Å²) < 4.78 is 27.2. The van der Waals surface area contributed by atoms with Crippen LogP contribution in [0.4, 0.5) is 0 Å². The second-order valence-electron chi connectivity index (χ2n) is 7.10. The van der Waals surface area contributed by atoms with Gasteiger partial charge in [0, 0.05) is 32.2 Å². The maximum Gasteiger partial charge on any atom is 0.241 e. The summed E-state index contributed by atoms with van der Waals surface area (Å²) in [6.45, 7) is 4.05. The quantitative estimate of drug-likeness (QED) is 0.666. The molecule has 2 fully saturated rings. The summed E-state index contributed by atoms with van der Waals surface area (Å²) >= 11 is 0. The van der Waals surface area contributed by atoms with Gasteiger partial charge in [-0.05, 0) is 31.9 Å². The first kappa shape index (κ1) is 19.8. The topological polar surface area (TPSA) is 98.8 Å². The third-order valence-electron chi connectivity index (χ3n) is 4.75. The largest absolute Gasteiger partial charge is 0.352 e. The van der Waals surface area contributed by atoms with Crippen molar-refractivity contribution >= 4 is 21.8 Å². The Morgan fingerprint density at radius 2 is 1.74 bits per heavy atom. The van der Waals surface area contributed by atoms with Crippen molar-refractivity contribution < 1.29 is 18.0 Å².